The van der Waals surface area contributed by atoms with Gasteiger partial charge in [-0.05, 0) is 60.7 Å². The van der Waals surface area contributed by atoms with Gasteiger partial charge < -0.3 is 10.1 Å². The van der Waals surface area contributed by atoms with Crippen LogP contribution in [0.1, 0.15) is 46.8 Å². The number of ether oxygens (including phenoxy) is 1. The van der Waals surface area contributed by atoms with Crippen LogP contribution in [0.4, 0.5) is 10.1 Å². The van der Waals surface area contributed by atoms with Crippen LogP contribution in [0, 0.1) is 11.7 Å². The zero-order valence-electron chi connectivity index (χ0n) is 14.0. The molecular weight excluding hydrogens is 317 g/mol. The Morgan fingerprint density at radius 2 is 2.04 bits per heavy atom. The molecule has 0 saturated heterocycles. The van der Waals surface area contributed by atoms with E-state index >= 15 is 0 Å². The molecule has 1 heterocycles. The second-order valence-electron chi connectivity index (χ2n) is 6.55. The molecule has 1 N–H and O–H groups in total. The maximum atomic E-state index is 13.3. The average Bonchev–Trinajstić information content (AvgIpc) is 3.11. The Morgan fingerprint density at radius 3 is 2.80 bits per heavy atom. The lowest BCUT2D eigenvalue weighted by Crippen LogP contribution is -2.29. The molecule has 0 amide bonds. The standard InChI is InChI=1S/C21H20FNO2/c1-2-25-21(24)14-8-11-19-18(12-14)16-4-3-5-17(16)20(23-19)13-6-9-15(22)10-7-13/h3-4,6-12,16-17,20,23H,2,5H2,1H3/t16-,17-,20-/m0/s1. The highest BCUT2D eigenvalue weighted by Crippen LogP contribution is 2.49. The Bertz CT molecular complexity index is 828. The molecule has 0 bridgehead atoms. The number of fused-ring (bicyclic) bond motifs is 3. The number of hydrogen-bond donors (Lipinski definition) is 1. The number of benzene rings is 2. The third-order valence-electron chi connectivity index (χ3n) is 5.10. The first-order valence-corrected chi connectivity index (χ1v) is 8.67. The Hall–Kier alpha value is -2.62. The van der Waals surface area contributed by atoms with Gasteiger partial charge in [-0.25, -0.2) is 9.18 Å². The SMILES string of the molecule is CCOC(=O)c1ccc2c(c1)[C@H]1C=CC[C@@H]1[C@H](c1ccc(F)cc1)N2. The molecular formula is C21H20FNO2. The number of halogens is 1. The van der Waals surface area contributed by atoms with Crippen molar-refractivity contribution in [3.05, 3.63) is 77.1 Å². The van der Waals surface area contributed by atoms with Crippen molar-refractivity contribution in [3.8, 4) is 0 Å². The van der Waals surface area contributed by atoms with E-state index in [-0.39, 0.29) is 23.7 Å². The summed E-state index contributed by atoms with van der Waals surface area (Å²) in [5.74, 6) is 0.0979. The second kappa shape index (κ2) is 6.36. The van der Waals surface area contributed by atoms with Crippen LogP contribution < -0.4 is 5.32 Å². The number of hydrogen-bond acceptors (Lipinski definition) is 3. The lowest BCUT2D eigenvalue weighted by atomic mass is 9.76. The number of esters is 1. The summed E-state index contributed by atoms with van der Waals surface area (Å²) < 4.78 is 18.4. The highest BCUT2D eigenvalue weighted by Gasteiger charge is 2.38. The smallest absolute Gasteiger partial charge is 0.338 e. The van der Waals surface area contributed by atoms with Crippen molar-refractivity contribution in [1.82, 2.24) is 0 Å². The molecule has 0 saturated carbocycles. The molecule has 0 aromatic heterocycles. The number of rotatable bonds is 3. The van der Waals surface area contributed by atoms with Gasteiger partial charge in [0, 0.05) is 11.6 Å². The van der Waals surface area contributed by atoms with Gasteiger partial charge >= 0.3 is 5.97 Å². The van der Waals surface area contributed by atoms with Crippen molar-refractivity contribution in [2.24, 2.45) is 5.92 Å². The van der Waals surface area contributed by atoms with E-state index in [9.17, 15) is 9.18 Å². The number of carbonyl (C=O) groups is 1. The molecule has 2 aromatic carbocycles. The van der Waals surface area contributed by atoms with Crippen LogP contribution >= 0.6 is 0 Å². The van der Waals surface area contributed by atoms with E-state index in [2.05, 4.69) is 17.5 Å². The first-order chi connectivity index (χ1) is 12.2. The fourth-order valence-electron chi connectivity index (χ4n) is 3.94. The van der Waals surface area contributed by atoms with E-state index < -0.39 is 0 Å². The predicted molar refractivity (Wildman–Crippen MR) is 95.2 cm³/mol. The molecule has 1 aliphatic heterocycles. The van der Waals surface area contributed by atoms with Crippen LogP contribution in [0.2, 0.25) is 0 Å². The van der Waals surface area contributed by atoms with E-state index in [0.29, 0.717) is 18.1 Å². The van der Waals surface area contributed by atoms with Crippen molar-refractivity contribution in [2.45, 2.75) is 25.3 Å². The van der Waals surface area contributed by atoms with Gasteiger partial charge in [0.2, 0.25) is 0 Å². The van der Waals surface area contributed by atoms with Crippen molar-refractivity contribution >= 4 is 11.7 Å². The molecule has 0 radical (unpaired) electrons. The monoisotopic (exact) mass is 337 g/mol. The predicted octanol–water partition coefficient (Wildman–Crippen LogP) is 4.83. The molecule has 0 fully saturated rings. The Balaban J connectivity index is 1.71. The normalized spacial score (nSPS) is 23.5. The lowest BCUT2D eigenvalue weighted by molar-refractivity contribution is 0.0526. The quantitative estimate of drug-likeness (QED) is 0.644. The van der Waals surface area contributed by atoms with Crippen LogP contribution in [0.5, 0.6) is 0 Å². The molecule has 4 heteroatoms. The summed E-state index contributed by atoms with van der Waals surface area (Å²) in [6.07, 6.45) is 5.37. The van der Waals surface area contributed by atoms with Crippen molar-refractivity contribution in [1.29, 1.82) is 0 Å². The molecule has 2 aliphatic rings. The molecule has 128 valence electrons. The highest BCUT2D eigenvalue weighted by atomic mass is 19.1. The minimum atomic E-state index is -0.288. The Labute approximate surface area is 146 Å². The van der Waals surface area contributed by atoms with E-state index in [1.165, 1.54) is 12.1 Å². The van der Waals surface area contributed by atoms with Crippen molar-refractivity contribution < 1.29 is 13.9 Å². The molecule has 1 aliphatic carbocycles. The van der Waals surface area contributed by atoms with E-state index in [4.69, 9.17) is 4.74 Å². The number of carbonyl (C=O) groups excluding carboxylic acids is 1. The van der Waals surface area contributed by atoms with E-state index in [1.54, 1.807) is 13.0 Å². The van der Waals surface area contributed by atoms with E-state index in [1.807, 2.05) is 24.3 Å². The largest absolute Gasteiger partial charge is 0.462 e. The van der Waals surface area contributed by atoms with E-state index in [0.717, 1.165) is 23.2 Å². The Kier molecular flexibility index (Phi) is 4.04. The fraction of sp³-hybridized carbons (Fsp3) is 0.286. The summed E-state index contributed by atoms with van der Waals surface area (Å²) in [6.45, 7) is 2.17. The van der Waals surface area contributed by atoms with Crippen LogP contribution in [-0.2, 0) is 4.74 Å². The molecule has 2 aromatic rings. The molecule has 3 atom stereocenters. The molecule has 25 heavy (non-hydrogen) atoms. The summed E-state index contributed by atoms with van der Waals surface area (Å²) in [5, 5.41) is 3.59. The van der Waals surface area contributed by atoms with Gasteiger partial charge in [0.05, 0.1) is 18.2 Å². The summed E-state index contributed by atoms with van der Waals surface area (Å²) in [7, 11) is 0. The maximum Gasteiger partial charge on any atom is 0.338 e. The average molecular weight is 337 g/mol. The van der Waals surface area contributed by atoms with Gasteiger partial charge in [0.15, 0.2) is 0 Å². The first kappa shape index (κ1) is 15.9. The van der Waals surface area contributed by atoms with Crippen molar-refractivity contribution in [2.75, 3.05) is 11.9 Å². The molecule has 0 spiro atoms. The van der Waals surface area contributed by atoms with Gasteiger partial charge in [-0.3, -0.25) is 0 Å². The Morgan fingerprint density at radius 1 is 1.24 bits per heavy atom. The number of nitrogens with one attached hydrogen (secondary N) is 1. The van der Waals surface area contributed by atoms with Gasteiger partial charge in [-0.15, -0.1) is 0 Å². The molecule has 4 rings (SSSR count). The topological polar surface area (TPSA) is 38.3 Å². The van der Waals surface area contributed by atoms with Gasteiger partial charge in [0.25, 0.3) is 0 Å². The first-order valence-electron chi connectivity index (χ1n) is 8.67. The number of allylic oxidation sites excluding steroid dienone is 2. The van der Waals surface area contributed by atoms with Gasteiger partial charge in [-0.1, -0.05) is 24.3 Å². The minimum Gasteiger partial charge on any atom is -0.462 e. The maximum absolute atomic E-state index is 13.3. The fourth-order valence-corrected chi connectivity index (χ4v) is 3.94. The zero-order valence-corrected chi connectivity index (χ0v) is 14.0. The third kappa shape index (κ3) is 2.82. The second-order valence-corrected chi connectivity index (χ2v) is 6.55. The van der Waals surface area contributed by atoms with Crippen LogP contribution in [0.15, 0.2) is 54.6 Å². The minimum absolute atomic E-state index is 0.126. The van der Waals surface area contributed by atoms with Gasteiger partial charge in [-0.2, -0.15) is 0 Å². The zero-order chi connectivity index (χ0) is 17.4. The lowest BCUT2D eigenvalue weighted by Gasteiger charge is -2.37. The van der Waals surface area contributed by atoms with Crippen LogP contribution in [0.3, 0.4) is 0 Å². The van der Waals surface area contributed by atoms with Gasteiger partial charge in [0.1, 0.15) is 5.82 Å². The highest BCUT2D eigenvalue weighted by molar-refractivity contribution is 5.90. The summed E-state index contributed by atoms with van der Waals surface area (Å²) in [4.78, 5) is 12.0. The summed E-state index contributed by atoms with van der Waals surface area (Å²) in [5.41, 5.74) is 3.82. The third-order valence-corrected chi connectivity index (χ3v) is 5.10. The van der Waals surface area contributed by atoms with Crippen molar-refractivity contribution in [3.63, 3.8) is 0 Å². The summed E-state index contributed by atoms with van der Waals surface area (Å²) >= 11 is 0. The number of anilines is 1. The summed E-state index contributed by atoms with van der Waals surface area (Å²) in [6, 6.07) is 12.5. The van der Waals surface area contributed by atoms with Crippen LogP contribution in [-0.4, -0.2) is 12.6 Å². The van der Waals surface area contributed by atoms with Crippen LogP contribution in [0.25, 0.3) is 0 Å². The molecule has 0 unspecified atom stereocenters. The molecule has 3 nitrogen and oxygen atoms in total.